The van der Waals surface area contributed by atoms with E-state index in [0.717, 1.165) is 31.2 Å². The van der Waals surface area contributed by atoms with Crippen molar-refractivity contribution in [2.24, 2.45) is 5.92 Å². The Morgan fingerprint density at radius 2 is 2.00 bits per heavy atom. The Morgan fingerprint density at radius 1 is 1.24 bits per heavy atom. The number of imidazole rings is 1. The topological polar surface area (TPSA) is 89.4 Å². The molecule has 5 rings (SSSR count). The van der Waals surface area contributed by atoms with Crippen molar-refractivity contribution >= 4 is 28.3 Å². The highest BCUT2D eigenvalue weighted by Crippen LogP contribution is 2.40. The summed E-state index contributed by atoms with van der Waals surface area (Å²) in [5.74, 6) is -0.875. The smallest absolute Gasteiger partial charge is 0.382 e. The molecule has 0 aliphatic heterocycles. The van der Waals surface area contributed by atoms with Crippen LogP contribution < -0.4 is 5.73 Å². The van der Waals surface area contributed by atoms with Gasteiger partial charge in [0.1, 0.15) is 17.2 Å². The molecule has 1 fully saturated rings. The maximum Gasteiger partial charge on any atom is 0.417 e. The SMILES string of the molecule is CN(C(=O)c1cc2c(cc1F)nc(N)c1cncn12)[C@H](CC1CC1)c1ccc(C(F)(F)F)cn1. The first kappa shape index (κ1) is 22.1. The van der Waals surface area contributed by atoms with Crippen molar-refractivity contribution in [1.29, 1.82) is 0 Å². The lowest BCUT2D eigenvalue weighted by atomic mass is 10.0. The molecule has 0 saturated heterocycles. The number of hydrogen-bond acceptors (Lipinski definition) is 5. The van der Waals surface area contributed by atoms with Gasteiger partial charge in [0.15, 0.2) is 0 Å². The van der Waals surface area contributed by atoms with Gasteiger partial charge in [-0.3, -0.25) is 14.2 Å². The molecule has 0 bridgehead atoms. The van der Waals surface area contributed by atoms with Gasteiger partial charge in [-0.1, -0.05) is 12.8 Å². The molecular weight excluding hydrogens is 452 g/mol. The molecule has 1 aromatic carbocycles. The molecule has 176 valence electrons. The highest BCUT2D eigenvalue weighted by Gasteiger charge is 2.34. The minimum atomic E-state index is -4.51. The number of nitrogen functional groups attached to an aromatic ring is 1. The second-order valence-corrected chi connectivity index (χ2v) is 8.55. The van der Waals surface area contributed by atoms with Gasteiger partial charge >= 0.3 is 6.18 Å². The third-order valence-corrected chi connectivity index (χ3v) is 6.19. The van der Waals surface area contributed by atoms with Crippen molar-refractivity contribution in [3.63, 3.8) is 0 Å². The molecule has 1 saturated carbocycles. The van der Waals surface area contributed by atoms with E-state index in [2.05, 4.69) is 15.0 Å². The van der Waals surface area contributed by atoms with E-state index in [0.29, 0.717) is 29.1 Å². The fourth-order valence-electron chi connectivity index (χ4n) is 4.11. The molecule has 4 aromatic rings. The Labute approximate surface area is 191 Å². The van der Waals surface area contributed by atoms with Crippen LogP contribution in [0.2, 0.25) is 0 Å². The van der Waals surface area contributed by atoms with Gasteiger partial charge in [-0.05, 0) is 30.5 Å². The predicted octanol–water partition coefficient (Wildman–Crippen LogP) is 4.63. The van der Waals surface area contributed by atoms with Gasteiger partial charge in [0.2, 0.25) is 0 Å². The first-order valence-corrected chi connectivity index (χ1v) is 10.6. The van der Waals surface area contributed by atoms with Crippen LogP contribution >= 0.6 is 0 Å². The molecule has 7 nitrogen and oxygen atoms in total. The van der Waals surface area contributed by atoms with Crippen LogP contribution in [0, 0.1) is 11.7 Å². The number of aromatic nitrogens is 4. The number of fused-ring (bicyclic) bond motifs is 3. The molecule has 1 amide bonds. The molecule has 2 N–H and O–H groups in total. The van der Waals surface area contributed by atoms with Crippen LogP contribution in [0.25, 0.3) is 16.6 Å². The van der Waals surface area contributed by atoms with Gasteiger partial charge in [0.25, 0.3) is 5.91 Å². The monoisotopic (exact) mass is 472 g/mol. The Hall–Kier alpha value is -3.76. The van der Waals surface area contributed by atoms with Gasteiger partial charge in [-0.2, -0.15) is 13.2 Å². The highest BCUT2D eigenvalue weighted by atomic mass is 19.4. The predicted molar refractivity (Wildman–Crippen MR) is 116 cm³/mol. The summed E-state index contributed by atoms with van der Waals surface area (Å²) < 4.78 is 55.5. The number of carbonyl (C=O) groups excluding carboxylic acids is 1. The van der Waals surface area contributed by atoms with E-state index in [1.54, 1.807) is 4.40 Å². The summed E-state index contributed by atoms with van der Waals surface area (Å²) in [6, 6.07) is 4.15. The first-order chi connectivity index (χ1) is 16.1. The number of halogens is 4. The molecule has 0 spiro atoms. The molecule has 0 radical (unpaired) electrons. The standard InChI is InChI=1S/C23H20F4N6O/c1-32(18(6-12-2-3-12)16-5-4-13(9-30-16)23(25,26)27)22(34)14-7-19-17(8-15(14)24)31-21(28)20-10-29-11-33(19)20/h4-5,7-12,18H,2-3,6H2,1H3,(H2,28,31)/t18-/m1/s1. The molecule has 34 heavy (non-hydrogen) atoms. The average Bonchev–Trinajstić information content (AvgIpc) is 3.48. The van der Waals surface area contributed by atoms with Crippen LogP contribution in [0.1, 0.15) is 46.9 Å². The van der Waals surface area contributed by atoms with Crippen LogP contribution in [-0.2, 0) is 6.18 Å². The lowest BCUT2D eigenvalue weighted by molar-refractivity contribution is -0.137. The van der Waals surface area contributed by atoms with E-state index in [1.807, 2.05) is 0 Å². The van der Waals surface area contributed by atoms with Crippen molar-refractivity contribution in [1.82, 2.24) is 24.3 Å². The summed E-state index contributed by atoms with van der Waals surface area (Å²) in [5, 5.41) is 0. The van der Waals surface area contributed by atoms with E-state index in [1.165, 1.54) is 36.6 Å². The summed E-state index contributed by atoms with van der Waals surface area (Å²) in [4.78, 5) is 27.0. The Bertz CT molecular complexity index is 1390. The maximum atomic E-state index is 15.0. The Kier molecular flexibility index (Phi) is 5.14. The highest BCUT2D eigenvalue weighted by molar-refractivity contribution is 5.98. The number of nitrogens with zero attached hydrogens (tertiary/aromatic N) is 5. The van der Waals surface area contributed by atoms with Crippen molar-refractivity contribution < 1.29 is 22.4 Å². The number of rotatable bonds is 5. The van der Waals surface area contributed by atoms with Gasteiger partial charge < -0.3 is 10.6 Å². The van der Waals surface area contributed by atoms with E-state index in [-0.39, 0.29) is 16.9 Å². The number of anilines is 1. The number of amides is 1. The van der Waals surface area contributed by atoms with Crippen LogP contribution in [0.3, 0.4) is 0 Å². The van der Waals surface area contributed by atoms with Crippen molar-refractivity contribution in [2.75, 3.05) is 12.8 Å². The normalized spacial score (nSPS) is 15.1. The molecule has 1 aliphatic rings. The molecule has 0 unspecified atom stereocenters. The Balaban J connectivity index is 1.53. The number of benzene rings is 1. The van der Waals surface area contributed by atoms with Gasteiger partial charge in [-0.25, -0.2) is 14.4 Å². The van der Waals surface area contributed by atoms with Crippen molar-refractivity contribution in [3.05, 3.63) is 65.6 Å². The second-order valence-electron chi connectivity index (χ2n) is 8.55. The van der Waals surface area contributed by atoms with E-state index < -0.39 is 29.5 Å². The van der Waals surface area contributed by atoms with E-state index >= 15 is 4.39 Å². The summed E-state index contributed by atoms with van der Waals surface area (Å²) >= 11 is 0. The minimum Gasteiger partial charge on any atom is -0.382 e. The van der Waals surface area contributed by atoms with Crippen LogP contribution in [0.15, 0.2) is 43.0 Å². The van der Waals surface area contributed by atoms with Gasteiger partial charge in [0.05, 0.1) is 46.4 Å². The molecule has 3 heterocycles. The van der Waals surface area contributed by atoms with Gasteiger partial charge in [-0.15, -0.1) is 0 Å². The minimum absolute atomic E-state index is 0.179. The largest absolute Gasteiger partial charge is 0.417 e. The molecule has 1 aliphatic carbocycles. The van der Waals surface area contributed by atoms with Crippen molar-refractivity contribution in [3.8, 4) is 0 Å². The fourth-order valence-corrected chi connectivity index (χ4v) is 4.11. The van der Waals surface area contributed by atoms with Crippen LogP contribution in [0.4, 0.5) is 23.4 Å². The second kappa shape index (κ2) is 7.93. The summed E-state index contributed by atoms with van der Waals surface area (Å²) in [6.45, 7) is 0. The average molecular weight is 472 g/mol. The summed E-state index contributed by atoms with van der Waals surface area (Å²) in [6.07, 6.45) is 1.72. The number of nitrogens with two attached hydrogens (primary N) is 1. The molecular formula is C23H20F4N6O. The lowest BCUT2D eigenvalue weighted by Crippen LogP contribution is -2.33. The molecule has 1 atom stereocenters. The van der Waals surface area contributed by atoms with Crippen LogP contribution in [0.5, 0.6) is 0 Å². The van der Waals surface area contributed by atoms with Crippen LogP contribution in [-0.4, -0.2) is 37.2 Å². The van der Waals surface area contributed by atoms with E-state index in [9.17, 15) is 18.0 Å². The quantitative estimate of drug-likeness (QED) is 0.428. The number of hydrogen-bond donors (Lipinski definition) is 1. The number of alkyl halides is 3. The number of pyridine rings is 1. The molecule has 11 heteroatoms. The lowest BCUT2D eigenvalue weighted by Gasteiger charge is -2.28. The first-order valence-electron chi connectivity index (χ1n) is 10.6. The van der Waals surface area contributed by atoms with Crippen molar-refractivity contribution in [2.45, 2.75) is 31.5 Å². The summed E-state index contributed by atoms with van der Waals surface area (Å²) in [5.41, 5.74) is 6.41. The fraction of sp³-hybridized carbons (Fsp3) is 0.304. The van der Waals surface area contributed by atoms with E-state index in [4.69, 9.17) is 5.73 Å². The van der Waals surface area contributed by atoms with Gasteiger partial charge in [0, 0.05) is 19.3 Å². The zero-order valence-corrected chi connectivity index (χ0v) is 18.1. The third kappa shape index (κ3) is 3.91. The third-order valence-electron chi connectivity index (χ3n) is 6.19. The molecule has 3 aromatic heterocycles. The summed E-state index contributed by atoms with van der Waals surface area (Å²) in [7, 11) is 1.51. The zero-order valence-electron chi connectivity index (χ0n) is 18.1. The Morgan fingerprint density at radius 3 is 2.65 bits per heavy atom. The number of carbonyl (C=O) groups is 1. The maximum absolute atomic E-state index is 15.0. The zero-order chi connectivity index (χ0) is 24.2.